The maximum atomic E-state index is 11.7. The van der Waals surface area contributed by atoms with Crippen molar-refractivity contribution in [2.24, 2.45) is 4.99 Å². The van der Waals surface area contributed by atoms with Gasteiger partial charge in [-0.2, -0.15) is 4.99 Å². The number of carbonyl (C=O) groups excluding carboxylic acids is 2. The Kier molecular flexibility index (Phi) is 8.14. The third-order valence-electron chi connectivity index (χ3n) is 2.57. The fourth-order valence-corrected chi connectivity index (χ4v) is 1.95. The van der Waals surface area contributed by atoms with Gasteiger partial charge < -0.3 is 15.7 Å². The number of halogens is 1. The third kappa shape index (κ3) is 8.22. The first kappa shape index (κ1) is 19.0. The minimum atomic E-state index is -1.07. The fourth-order valence-electron chi connectivity index (χ4n) is 1.44. The minimum Gasteiger partial charge on any atom is -0.481 e. The molecular weight excluding hydrogens is 342 g/mol. The molecule has 3 N–H and O–H groups in total. The first-order chi connectivity index (χ1) is 10.9. The van der Waals surface area contributed by atoms with Crippen LogP contribution < -0.4 is 10.6 Å². The second kappa shape index (κ2) is 9.86. The zero-order valence-electron chi connectivity index (χ0n) is 12.3. The van der Waals surface area contributed by atoms with Crippen LogP contribution in [-0.4, -0.2) is 34.4 Å². The molecule has 0 unspecified atom stereocenters. The number of urea groups is 1. The Hall–Kier alpha value is -2.06. The van der Waals surface area contributed by atoms with Crippen LogP contribution >= 0.6 is 23.4 Å². The number of rotatable bonds is 5. The quantitative estimate of drug-likeness (QED) is 0.553. The monoisotopic (exact) mass is 357 g/mol. The average Bonchev–Trinajstić information content (AvgIpc) is 2.51. The van der Waals surface area contributed by atoms with E-state index in [1.807, 2.05) is 0 Å². The van der Waals surface area contributed by atoms with E-state index in [2.05, 4.69) is 15.6 Å². The molecule has 7 nitrogen and oxygen atoms in total. The molecule has 0 radical (unpaired) electrons. The van der Waals surface area contributed by atoms with E-state index in [9.17, 15) is 14.4 Å². The Labute approximate surface area is 142 Å². The number of hydrogen-bond acceptors (Lipinski definition) is 4. The van der Waals surface area contributed by atoms with Gasteiger partial charge in [-0.05, 0) is 24.0 Å². The molecule has 0 aliphatic heterocycles. The highest BCUT2D eigenvalue weighted by Crippen LogP contribution is 2.09. The number of hydrogen-bond donors (Lipinski definition) is 3. The van der Waals surface area contributed by atoms with Crippen LogP contribution in [0.25, 0.3) is 0 Å². The van der Waals surface area contributed by atoms with Gasteiger partial charge in [0, 0.05) is 18.0 Å². The number of aliphatic carboxylic acids is 1. The molecule has 1 aromatic rings. The summed E-state index contributed by atoms with van der Waals surface area (Å²) in [6.07, 6.45) is 1.18. The molecule has 1 aromatic carbocycles. The number of aliphatic imine (C=N–C) groups is 1. The van der Waals surface area contributed by atoms with Gasteiger partial charge in [-0.3, -0.25) is 9.59 Å². The van der Waals surface area contributed by atoms with Gasteiger partial charge in [0.25, 0.3) is 0 Å². The molecule has 0 atom stereocenters. The van der Waals surface area contributed by atoms with Crippen LogP contribution in [0.15, 0.2) is 29.3 Å². The van der Waals surface area contributed by atoms with Crippen molar-refractivity contribution in [1.29, 1.82) is 0 Å². The van der Waals surface area contributed by atoms with Crippen LogP contribution in [0, 0.1) is 0 Å². The Balaban J connectivity index is 2.49. The maximum Gasteiger partial charge on any atom is 0.343 e. The maximum absolute atomic E-state index is 11.7. The molecule has 0 aliphatic rings. The summed E-state index contributed by atoms with van der Waals surface area (Å²) >= 11 is 6.84. The summed E-state index contributed by atoms with van der Waals surface area (Å²) in [6, 6.07) is 6.36. The third-order valence-corrected chi connectivity index (χ3v) is 3.40. The van der Waals surface area contributed by atoms with E-state index in [-0.39, 0.29) is 24.6 Å². The van der Waals surface area contributed by atoms with Crippen molar-refractivity contribution in [3.8, 4) is 0 Å². The van der Waals surface area contributed by atoms with Crippen molar-refractivity contribution < 1.29 is 19.5 Å². The second-order valence-corrected chi connectivity index (χ2v) is 5.58. The highest BCUT2D eigenvalue weighted by molar-refractivity contribution is 8.13. The highest BCUT2D eigenvalue weighted by atomic mass is 35.5. The van der Waals surface area contributed by atoms with E-state index in [0.29, 0.717) is 5.02 Å². The number of nitrogens with one attached hydrogen (secondary N) is 2. The second-order valence-electron chi connectivity index (χ2n) is 4.35. The first-order valence-electron chi connectivity index (χ1n) is 6.57. The van der Waals surface area contributed by atoms with E-state index in [4.69, 9.17) is 16.7 Å². The molecule has 23 heavy (non-hydrogen) atoms. The molecule has 0 saturated carbocycles. The summed E-state index contributed by atoms with van der Waals surface area (Å²) in [4.78, 5) is 37.3. The minimum absolute atomic E-state index is 0.106. The van der Waals surface area contributed by atoms with Crippen LogP contribution in [0.5, 0.6) is 0 Å². The van der Waals surface area contributed by atoms with Crippen LogP contribution in [0.1, 0.15) is 18.4 Å². The number of carboxylic acid groups (broad SMARTS) is 1. The average molecular weight is 358 g/mol. The topological polar surface area (TPSA) is 108 Å². The molecule has 9 heteroatoms. The summed E-state index contributed by atoms with van der Waals surface area (Å²) in [6.45, 7) is 0.272. The predicted molar refractivity (Wildman–Crippen MR) is 89.7 cm³/mol. The van der Waals surface area contributed by atoms with Crippen LogP contribution in [0.3, 0.4) is 0 Å². The van der Waals surface area contributed by atoms with Crippen LogP contribution in [-0.2, 0) is 16.1 Å². The summed E-state index contributed by atoms with van der Waals surface area (Å²) in [5, 5.41) is 14.2. The van der Waals surface area contributed by atoms with Crippen LogP contribution in [0.4, 0.5) is 4.79 Å². The molecule has 0 aromatic heterocycles. The number of benzene rings is 1. The van der Waals surface area contributed by atoms with Gasteiger partial charge in [0.2, 0.25) is 5.91 Å². The molecule has 0 fully saturated rings. The Bertz CT molecular complexity index is 605. The first-order valence-corrected chi connectivity index (χ1v) is 8.17. The number of amides is 3. The molecular formula is C14H16ClN3O4S. The summed E-state index contributed by atoms with van der Waals surface area (Å²) in [5.41, 5.74) is 0.856. The standard InChI is InChI=1S/C14H16ClN3O4S/c1-23-14(17-11(19)6-7-12(20)21)18-13(22)16-8-9-2-4-10(15)5-3-9/h2-5H,6-8H2,1H3,(H,20,21)(H2,16,17,18,19,22). The normalized spacial score (nSPS) is 11.0. The number of carbonyl (C=O) groups is 3. The number of thioether (sulfide) groups is 1. The van der Waals surface area contributed by atoms with Crippen molar-refractivity contribution in [3.05, 3.63) is 34.9 Å². The lowest BCUT2D eigenvalue weighted by Gasteiger charge is -2.06. The largest absolute Gasteiger partial charge is 0.481 e. The van der Waals surface area contributed by atoms with Gasteiger partial charge in [-0.25, -0.2) is 4.79 Å². The fraction of sp³-hybridized carbons (Fsp3) is 0.286. The molecule has 0 spiro atoms. The van der Waals surface area contributed by atoms with Gasteiger partial charge in [0.1, 0.15) is 0 Å². The van der Waals surface area contributed by atoms with E-state index in [1.54, 1.807) is 30.5 Å². The Morgan fingerprint density at radius 3 is 2.43 bits per heavy atom. The van der Waals surface area contributed by atoms with Gasteiger partial charge in [-0.15, -0.1) is 0 Å². The zero-order valence-corrected chi connectivity index (χ0v) is 13.9. The van der Waals surface area contributed by atoms with E-state index in [0.717, 1.165) is 17.3 Å². The lowest BCUT2D eigenvalue weighted by atomic mass is 10.2. The van der Waals surface area contributed by atoms with Gasteiger partial charge in [0.05, 0.1) is 6.42 Å². The molecule has 1 rings (SSSR count). The molecule has 0 heterocycles. The van der Waals surface area contributed by atoms with Crippen molar-refractivity contribution in [2.45, 2.75) is 19.4 Å². The summed E-state index contributed by atoms with van der Waals surface area (Å²) in [7, 11) is 0. The van der Waals surface area contributed by atoms with Gasteiger partial charge in [0.15, 0.2) is 5.17 Å². The Morgan fingerprint density at radius 1 is 1.22 bits per heavy atom. The van der Waals surface area contributed by atoms with E-state index < -0.39 is 17.9 Å². The lowest BCUT2D eigenvalue weighted by Crippen LogP contribution is -2.31. The molecule has 0 bridgehead atoms. The zero-order chi connectivity index (χ0) is 17.2. The summed E-state index contributed by atoms with van der Waals surface area (Å²) < 4.78 is 0. The molecule has 0 saturated heterocycles. The smallest absolute Gasteiger partial charge is 0.343 e. The van der Waals surface area contributed by atoms with Crippen molar-refractivity contribution in [1.82, 2.24) is 10.6 Å². The molecule has 3 amide bonds. The Morgan fingerprint density at radius 2 is 1.87 bits per heavy atom. The van der Waals surface area contributed by atoms with Gasteiger partial charge in [-0.1, -0.05) is 35.5 Å². The number of carboxylic acids is 1. The SMILES string of the molecule is CSC(=NC(=O)NCc1ccc(Cl)cc1)NC(=O)CCC(=O)O. The van der Waals surface area contributed by atoms with E-state index in [1.165, 1.54) is 0 Å². The van der Waals surface area contributed by atoms with Crippen molar-refractivity contribution in [2.75, 3.05) is 6.26 Å². The van der Waals surface area contributed by atoms with Crippen LogP contribution in [0.2, 0.25) is 5.02 Å². The number of nitrogens with zero attached hydrogens (tertiary/aromatic N) is 1. The van der Waals surface area contributed by atoms with Crippen molar-refractivity contribution >= 4 is 46.4 Å². The molecule has 124 valence electrons. The summed E-state index contributed by atoms with van der Waals surface area (Å²) in [5.74, 6) is -1.57. The van der Waals surface area contributed by atoms with E-state index >= 15 is 0 Å². The predicted octanol–water partition coefficient (Wildman–Crippen LogP) is 2.25. The highest BCUT2D eigenvalue weighted by Gasteiger charge is 2.09. The number of amidine groups is 1. The van der Waals surface area contributed by atoms with Gasteiger partial charge >= 0.3 is 12.0 Å². The van der Waals surface area contributed by atoms with Crippen molar-refractivity contribution in [3.63, 3.8) is 0 Å². The lowest BCUT2D eigenvalue weighted by molar-refractivity contribution is -0.138. The molecule has 0 aliphatic carbocycles.